The maximum absolute atomic E-state index is 12.4. The van der Waals surface area contributed by atoms with Crippen molar-refractivity contribution in [1.29, 1.82) is 0 Å². The Morgan fingerprint density at radius 1 is 1.36 bits per heavy atom. The molecule has 114 valence electrons. The number of halogens is 1. The van der Waals surface area contributed by atoms with Crippen molar-refractivity contribution in [2.45, 2.75) is 25.3 Å². The molecule has 0 aliphatic heterocycles. The maximum Gasteiger partial charge on any atom is 0.268 e. The predicted octanol–water partition coefficient (Wildman–Crippen LogP) is 2.80. The standard InChI is InChI=1S/C16H16BrN3O2/c17-11-6-7-13(19-15(11)21)16(22)20-14(9-10-4-5-10)12-3-1-2-8-18-12/h1-3,6-8,10,14H,4-5,9H2,(H,19,21)(H,20,22). The zero-order chi connectivity index (χ0) is 15.5. The first-order chi connectivity index (χ1) is 10.6. The van der Waals surface area contributed by atoms with Crippen LogP contribution in [0.2, 0.25) is 0 Å². The molecule has 2 aromatic rings. The van der Waals surface area contributed by atoms with E-state index in [9.17, 15) is 9.59 Å². The summed E-state index contributed by atoms with van der Waals surface area (Å²) in [6.45, 7) is 0. The zero-order valence-electron chi connectivity index (χ0n) is 11.9. The fraction of sp³-hybridized carbons (Fsp3) is 0.312. The van der Waals surface area contributed by atoms with Gasteiger partial charge < -0.3 is 10.3 Å². The Bertz CT molecular complexity index is 726. The van der Waals surface area contributed by atoms with Gasteiger partial charge in [-0.15, -0.1) is 0 Å². The monoisotopic (exact) mass is 361 g/mol. The summed E-state index contributed by atoms with van der Waals surface area (Å²) in [5.41, 5.74) is 0.788. The molecule has 2 heterocycles. The Kier molecular flexibility index (Phi) is 4.38. The third kappa shape index (κ3) is 3.62. The van der Waals surface area contributed by atoms with Crippen LogP contribution in [0.5, 0.6) is 0 Å². The molecule has 1 aliphatic rings. The highest BCUT2D eigenvalue weighted by Gasteiger charge is 2.28. The molecule has 0 bridgehead atoms. The Hall–Kier alpha value is -1.95. The largest absolute Gasteiger partial charge is 0.342 e. The van der Waals surface area contributed by atoms with Crippen molar-refractivity contribution in [2.24, 2.45) is 5.92 Å². The molecule has 2 aromatic heterocycles. The average molecular weight is 362 g/mol. The van der Waals surface area contributed by atoms with E-state index in [1.165, 1.54) is 12.8 Å². The minimum atomic E-state index is -0.316. The van der Waals surface area contributed by atoms with Gasteiger partial charge in [0.25, 0.3) is 11.5 Å². The van der Waals surface area contributed by atoms with Gasteiger partial charge in [-0.2, -0.15) is 0 Å². The Morgan fingerprint density at radius 3 is 2.82 bits per heavy atom. The first-order valence-corrected chi connectivity index (χ1v) is 8.03. The summed E-state index contributed by atoms with van der Waals surface area (Å²) in [5, 5.41) is 2.98. The van der Waals surface area contributed by atoms with Gasteiger partial charge in [0, 0.05) is 6.20 Å². The molecule has 22 heavy (non-hydrogen) atoms. The van der Waals surface area contributed by atoms with Crippen molar-refractivity contribution in [3.63, 3.8) is 0 Å². The third-order valence-electron chi connectivity index (χ3n) is 3.72. The molecule has 0 spiro atoms. The van der Waals surface area contributed by atoms with Gasteiger partial charge >= 0.3 is 0 Å². The van der Waals surface area contributed by atoms with Crippen LogP contribution in [0.25, 0.3) is 0 Å². The highest BCUT2D eigenvalue weighted by Crippen LogP contribution is 2.37. The number of aromatic nitrogens is 2. The fourth-order valence-corrected chi connectivity index (χ4v) is 2.58. The Morgan fingerprint density at radius 2 is 2.18 bits per heavy atom. The summed E-state index contributed by atoms with van der Waals surface area (Å²) >= 11 is 3.12. The van der Waals surface area contributed by atoms with Crippen molar-refractivity contribution in [2.75, 3.05) is 0 Å². The fourth-order valence-electron chi connectivity index (χ4n) is 2.35. The first-order valence-electron chi connectivity index (χ1n) is 7.24. The summed E-state index contributed by atoms with van der Waals surface area (Å²) in [7, 11) is 0. The second kappa shape index (κ2) is 6.44. The number of carbonyl (C=O) groups is 1. The Balaban J connectivity index is 1.78. The Labute approximate surface area is 136 Å². The number of hydrogen-bond acceptors (Lipinski definition) is 3. The lowest BCUT2D eigenvalue weighted by Gasteiger charge is -2.18. The molecular weight excluding hydrogens is 346 g/mol. The molecule has 0 radical (unpaired) electrons. The van der Waals surface area contributed by atoms with Crippen LogP contribution < -0.4 is 10.9 Å². The second-order valence-electron chi connectivity index (χ2n) is 5.51. The van der Waals surface area contributed by atoms with Crippen LogP contribution >= 0.6 is 15.9 Å². The molecule has 1 fully saturated rings. The maximum atomic E-state index is 12.4. The highest BCUT2D eigenvalue weighted by atomic mass is 79.9. The lowest BCUT2D eigenvalue weighted by atomic mass is 10.1. The topological polar surface area (TPSA) is 74.8 Å². The zero-order valence-corrected chi connectivity index (χ0v) is 13.5. The van der Waals surface area contributed by atoms with Gasteiger partial charge in [-0.3, -0.25) is 14.6 Å². The average Bonchev–Trinajstić information content (AvgIpc) is 3.34. The number of nitrogens with zero attached hydrogens (tertiary/aromatic N) is 1. The predicted molar refractivity (Wildman–Crippen MR) is 86.5 cm³/mol. The summed E-state index contributed by atoms with van der Waals surface area (Å²) < 4.78 is 0.406. The van der Waals surface area contributed by atoms with Crippen LogP contribution in [-0.4, -0.2) is 15.9 Å². The lowest BCUT2D eigenvalue weighted by molar-refractivity contribution is 0.0927. The van der Waals surface area contributed by atoms with Crippen LogP contribution in [0.1, 0.15) is 41.5 Å². The SMILES string of the molecule is O=C(NC(CC1CC1)c1ccccn1)c1ccc(Br)c(=O)[nH]1. The summed E-state index contributed by atoms with van der Waals surface area (Å²) in [6.07, 6.45) is 5.01. The number of rotatable bonds is 5. The van der Waals surface area contributed by atoms with Crippen LogP contribution in [0.15, 0.2) is 45.8 Å². The van der Waals surface area contributed by atoms with Crippen LogP contribution in [0.4, 0.5) is 0 Å². The van der Waals surface area contributed by atoms with Crippen molar-refractivity contribution >= 4 is 21.8 Å². The minimum Gasteiger partial charge on any atom is -0.342 e. The molecule has 1 saturated carbocycles. The molecule has 2 N–H and O–H groups in total. The molecule has 1 amide bonds. The molecule has 1 unspecified atom stereocenters. The first kappa shape index (κ1) is 15.0. The van der Waals surface area contributed by atoms with Gasteiger partial charge in [0.2, 0.25) is 0 Å². The van der Waals surface area contributed by atoms with Gasteiger partial charge in [0.15, 0.2) is 0 Å². The van der Waals surface area contributed by atoms with E-state index in [4.69, 9.17) is 0 Å². The molecule has 1 atom stereocenters. The molecule has 5 nitrogen and oxygen atoms in total. The molecule has 1 aliphatic carbocycles. The molecule has 3 rings (SSSR count). The van der Waals surface area contributed by atoms with E-state index in [-0.39, 0.29) is 23.2 Å². The van der Waals surface area contributed by atoms with E-state index in [2.05, 4.69) is 31.2 Å². The number of hydrogen-bond donors (Lipinski definition) is 2. The van der Waals surface area contributed by atoms with Gasteiger partial charge in [-0.05, 0) is 52.5 Å². The van der Waals surface area contributed by atoms with E-state index in [1.807, 2.05) is 18.2 Å². The molecule has 0 aromatic carbocycles. The number of pyridine rings is 2. The number of H-pyrrole nitrogens is 1. The number of amides is 1. The van der Waals surface area contributed by atoms with Crippen molar-refractivity contribution in [3.8, 4) is 0 Å². The quantitative estimate of drug-likeness (QED) is 0.859. The van der Waals surface area contributed by atoms with E-state index in [0.717, 1.165) is 12.1 Å². The third-order valence-corrected chi connectivity index (χ3v) is 4.35. The van der Waals surface area contributed by atoms with E-state index in [0.29, 0.717) is 10.4 Å². The van der Waals surface area contributed by atoms with Crippen molar-refractivity contribution < 1.29 is 4.79 Å². The second-order valence-corrected chi connectivity index (χ2v) is 6.36. The number of aromatic amines is 1. The van der Waals surface area contributed by atoms with Crippen LogP contribution in [0, 0.1) is 5.92 Å². The van der Waals surface area contributed by atoms with E-state index < -0.39 is 0 Å². The number of carbonyl (C=O) groups excluding carboxylic acids is 1. The molecule has 6 heteroatoms. The van der Waals surface area contributed by atoms with Gasteiger partial charge in [0.1, 0.15) is 5.69 Å². The minimum absolute atomic E-state index is 0.131. The van der Waals surface area contributed by atoms with Gasteiger partial charge in [-0.25, -0.2) is 0 Å². The summed E-state index contributed by atoms with van der Waals surface area (Å²) in [4.78, 5) is 30.9. The van der Waals surface area contributed by atoms with Gasteiger partial charge in [-0.1, -0.05) is 18.9 Å². The summed E-state index contributed by atoms with van der Waals surface area (Å²) in [5.74, 6) is 0.358. The number of nitrogens with one attached hydrogen (secondary N) is 2. The van der Waals surface area contributed by atoms with E-state index >= 15 is 0 Å². The van der Waals surface area contributed by atoms with E-state index in [1.54, 1.807) is 18.3 Å². The highest BCUT2D eigenvalue weighted by molar-refractivity contribution is 9.10. The smallest absolute Gasteiger partial charge is 0.268 e. The molecular formula is C16H16BrN3O2. The van der Waals surface area contributed by atoms with Crippen molar-refractivity contribution in [1.82, 2.24) is 15.3 Å². The van der Waals surface area contributed by atoms with Crippen LogP contribution in [0.3, 0.4) is 0 Å². The van der Waals surface area contributed by atoms with Crippen LogP contribution in [-0.2, 0) is 0 Å². The lowest BCUT2D eigenvalue weighted by Crippen LogP contribution is -2.31. The molecule has 0 saturated heterocycles. The van der Waals surface area contributed by atoms with Gasteiger partial charge in [0.05, 0.1) is 16.2 Å². The van der Waals surface area contributed by atoms with Crippen molar-refractivity contribution in [3.05, 3.63) is 62.7 Å². The normalized spacial score (nSPS) is 15.3. The summed E-state index contributed by atoms with van der Waals surface area (Å²) in [6, 6.07) is 8.71.